The van der Waals surface area contributed by atoms with Gasteiger partial charge in [-0.1, -0.05) is 0 Å². The minimum absolute atomic E-state index is 0.0725. The lowest BCUT2D eigenvalue weighted by molar-refractivity contribution is -0.0436. The number of halogens is 4. The highest BCUT2D eigenvalue weighted by molar-refractivity contribution is 7.92. The summed E-state index contributed by atoms with van der Waals surface area (Å²) < 4.78 is 58.9. The van der Waals surface area contributed by atoms with Gasteiger partial charge in [0.25, 0.3) is 9.84 Å². The first-order chi connectivity index (χ1) is 8.18. The molecule has 0 aliphatic heterocycles. The van der Waals surface area contributed by atoms with Crippen molar-refractivity contribution >= 4 is 27.1 Å². The summed E-state index contributed by atoms with van der Waals surface area (Å²) in [6.45, 7) is 1.79. The first kappa shape index (κ1) is 15.1. The van der Waals surface area contributed by atoms with Gasteiger partial charge in [0, 0.05) is 17.6 Å². The molecular formula is C10H11ClF3NO2S. The number of sulfone groups is 1. The maximum absolute atomic E-state index is 12.3. The van der Waals surface area contributed by atoms with Gasteiger partial charge in [0.1, 0.15) is 0 Å². The SMILES string of the molecule is CC(CCl)Nc1ccc(S(=O)(=O)C(F)(F)F)cc1. The van der Waals surface area contributed by atoms with Crippen molar-refractivity contribution < 1.29 is 21.6 Å². The van der Waals surface area contributed by atoms with Crippen molar-refractivity contribution in [2.75, 3.05) is 11.2 Å². The summed E-state index contributed by atoms with van der Waals surface area (Å²) in [7, 11) is -5.28. The summed E-state index contributed by atoms with van der Waals surface area (Å²) >= 11 is 5.56. The molecule has 0 radical (unpaired) electrons. The zero-order valence-electron chi connectivity index (χ0n) is 9.33. The average Bonchev–Trinajstić information content (AvgIpc) is 2.28. The van der Waals surface area contributed by atoms with Gasteiger partial charge in [-0.05, 0) is 31.2 Å². The van der Waals surface area contributed by atoms with E-state index < -0.39 is 20.2 Å². The lowest BCUT2D eigenvalue weighted by Gasteiger charge is -2.13. The third-order valence-electron chi connectivity index (χ3n) is 2.11. The Bertz CT molecular complexity index is 499. The highest BCUT2D eigenvalue weighted by Gasteiger charge is 2.46. The average molecular weight is 302 g/mol. The summed E-state index contributed by atoms with van der Waals surface area (Å²) in [4.78, 5) is -0.779. The Balaban J connectivity index is 2.97. The highest BCUT2D eigenvalue weighted by atomic mass is 35.5. The number of anilines is 1. The maximum Gasteiger partial charge on any atom is 0.501 e. The predicted molar refractivity (Wildman–Crippen MR) is 63.5 cm³/mol. The van der Waals surface area contributed by atoms with Gasteiger partial charge in [0.2, 0.25) is 0 Å². The van der Waals surface area contributed by atoms with E-state index in [0.717, 1.165) is 12.1 Å². The van der Waals surface area contributed by atoms with Gasteiger partial charge >= 0.3 is 5.51 Å². The molecule has 1 aromatic rings. The number of benzene rings is 1. The Hall–Kier alpha value is -0.950. The van der Waals surface area contributed by atoms with Crippen LogP contribution in [-0.2, 0) is 9.84 Å². The molecule has 8 heteroatoms. The first-order valence-corrected chi connectivity index (χ1v) is 6.94. The van der Waals surface area contributed by atoms with Crippen LogP contribution in [0.25, 0.3) is 0 Å². The van der Waals surface area contributed by atoms with Gasteiger partial charge in [-0.25, -0.2) is 8.42 Å². The molecule has 0 amide bonds. The summed E-state index contributed by atoms with van der Waals surface area (Å²) in [5, 5.41) is 2.90. The molecule has 1 aromatic carbocycles. The molecule has 18 heavy (non-hydrogen) atoms. The summed E-state index contributed by atoms with van der Waals surface area (Å²) in [5.41, 5.74) is -4.78. The van der Waals surface area contributed by atoms with Gasteiger partial charge in [-0.3, -0.25) is 0 Å². The van der Waals surface area contributed by atoms with Crippen molar-refractivity contribution in [3.63, 3.8) is 0 Å². The molecule has 0 saturated carbocycles. The van der Waals surface area contributed by atoms with Crippen molar-refractivity contribution in [2.24, 2.45) is 0 Å². The van der Waals surface area contributed by atoms with E-state index >= 15 is 0 Å². The van der Waals surface area contributed by atoms with Crippen LogP contribution in [0.5, 0.6) is 0 Å². The van der Waals surface area contributed by atoms with Gasteiger partial charge in [-0.15, -0.1) is 11.6 Å². The van der Waals surface area contributed by atoms with Crippen molar-refractivity contribution in [3.05, 3.63) is 24.3 Å². The third-order valence-corrected chi connectivity index (χ3v) is 4.08. The quantitative estimate of drug-likeness (QED) is 0.870. The zero-order valence-corrected chi connectivity index (χ0v) is 10.9. The zero-order chi connectivity index (χ0) is 14.0. The molecule has 0 fully saturated rings. The van der Waals surface area contributed by atoms with Crippen molar-refractivity contribution in [1.29, 1.82) is 0 Å². The smallest absolute Gasteiger partial charge is 0.381 e. The van der Waals surface area contributed by atoms with E-state index in [0.29, 0.717) is 11.6 Å². The molecule has 1 atom stereocenters. The van der Waals surface area contributed by atoms with Gasteiger partial charge in [0.15, 0.2) is 0 Å². The standard InChI is InChI=1S/C10H11ClF3NO2S/c1-7(6-11)15-8-2-4-9(5-3-8)18(16,17)10(12,13)14/h2-5,7,15H,6H2,1H3. The lowest BCUT2D eigenvalue weighted by Crippen LogP contribution is -2.23. The van der Waals surface area contributed by atoms with Crippen molar-refractivity contribution in [1.82, 2.24) is 0 Å². The summed E-state index contributed by atoms with van der Waals surface area (Å²) in [6, 6.07) is 4.28. The van der Waals surface area contributed by atoms with Crippen molar-refractivity contribution in [3.8, 4) is 0 Å². The summed E-state index contributed by atoms with van der Waals surface area (Å²) in [6.07, 6.45) is 0. The van der Waals surface area contributed by atoms with E-state index in [1.165, 1.54) is 12.1 Å². The second-order valence-corrected chi connectivity index (χ2v) is 5.92. The molecule has 0 aliphatic rings. The van der Waals surface area contributed by atoms with Crippen LogP contribution in [0.2, 0.25) is 0 Å². The largest absolute Gasteiger partial charge is 0.501 e. The molecule has 0 saturated heterocycles. The van der Waals surface area contributed by atoms with Gasteiger partial charge < -0.3 is 5.32 Å². The Morgan fingerprint density at radius 2 is 1.78 bits per heavy atom. The van der Waals surface area contributed by atoms with Crippen LogP contribution in [0.15, 0.2) is 29.2 Å². The molecule has 0 bridgehead atoms. The Labute approximate surface area is 108 Å². The van der Waals surface area contributed by atoms with Crippen LogP contribution < -0.4 is 5.32 Å². The number of rotatable bonds is 4. The fraction of sp³-hybridized carbons (Fsp3) is 0.400. The molecule has 102 valence electrons. The second kappa shape index (κ2) is 5.36. The first-order valence-electron chi connectivity index (χ1n) is 4.92. The van der Waals surface area contributed by atoms with E-state index in [4.69, 9.17) is 11.6 Å². The minimum atomic E-state index is -5.29. The maximum atomic E-state index is 12.3. The lowest BCUT2D eigenvalue weighted by atomic mass is 10.3. The minimum Gasteiger partial charge on any atom is -0.381 e. The van der Waals surface area contributed by atoms with E-state index in [9.17, 15) is 21.6 Å². The highest BCUT2D eigenvalue weighted by Crippen LogP contribution is 2.30. The number of hydrogen-bond donors (Lipinski definition) is 1. The molecule has 1 rings (SSSR count). The van der Waals surface area contributed by atoms with Crippen LogP contribution in [0.1, 0.15) is 6.92 Å². The number of hydrogen-bond acceptors (Lipinski definition) is 3. The van der Waals surface area contributed by atoms with Crippen LogP contribution in [0.3, 0.4) is 0 Å². The Morgan fingerprint density at radius 3 is 2.17 bits per heavy atom. The van der Waals surface area contributed by atoms with Crippen LogP contribution in [-0.4, -0.2) is 25.8 Å². The molecule has 0 aromatic heterocycles. The van der Waals surface area contributed by atoms with Crippen LogP contribution in [0.4, 0.5) is 18.9 Å². The normalized spacial score (nSPS) is 14.3. The molecule has 3 nitrogen and oxygen atoms in total. The predicted octanol–water partition coefficient (Wildman–Crippen LogP) is 3.02. The fourth-order valence-corrected chi connectivity index (χ4v) is 2.03. The van der Waals surface area contributed by atoms with Crippen LogP contribution >= 0.6 is 11.6 Å². The van der Waals surface area contributed by atoms with E-state index in [2.05, 4.69) is 5.32 Å². The number of nitrogens with one attached hydrogen (secondary N) is 1. The molecule has 0 aliphatic carbocycles. The topological polar surface area (TPSA) is 46.2 Å². The monoisotopic (exact) mass is 301 g/mol. The van der Waals surface area contributed by atoms with Gasteiger partial charge in [-0.2, -0.15) is 13.2 Å². The van der Waals surface area contributed by atoms with Crippen LogP contribution in [0, 0.1) is 0 Å². The molecule has 0 spiro atoms. The summed E-state index contributed by atoms with van der Waals surface area (Å²) in [5.74, 6) is 0.322. The van der Waals surface area contributed by atoms with Crippen molar-refractivity contribution in [2.45, 2.75) is 23.4 Å². The van der Waals surface area contributed by atoms with E-state index in [-0.39, 0.29) is 6.04 Å². The van der Waals surface area contributed by atoms with E-state index in [1.54, 1.807) is 6.92 Å². The van der Waals surface area contributed by atoms with Gasteiger partial charge in [0.05, 0.1) is 4.90 Å². The third kappa shape index (κ3) is 3.29. The molecule has 1 unspecified atom stereocenters. The Morgan fingerprint density at radius 1 is 1.28 bits per heavy atom. The van der Waals surface area contributed by atoms with E-state index in [1.807, 2.05) is 0 Å². The molecule has 0 heterocycles. The fourth-order valence-electron chi connectivity index (χ4n) is 1.19. The Kier molecular flexibility index (Phi) is 4.50. The molecule has 1 N–H and O–H groups in total. The second-order valence-electron chi connectivity index (χ2n) is 3.67. The number of alkyl halides is 4. The molecular weight excluding hydrogens is 291 g/mol.